The van der Waals surface area contributed by atoms with Crippen LogP contribution in [0.25, 0.3) is 0 Å². The summed E-state index contributed by atoms with van der Waals surface area (Å²) < 4.78 is 0. The maximum Gasteiger partial charge on any atom is 0.303 e. The van der Waals surface area contributed by atoms with E-state index in [2.05, 4.69) is 10.6 Å². The molecule has 7 heteroatoms. The first-order valence-corrected chi connectivity index (χ1v) is 11.5. The Kier molecular flexibility index (Phi) is 10.5. The molecule has 166 valence electrons. The molecule has 2 fully saturated rings. The summed E-state index contributed by atoms with van der Waals surface area (Å²) in [6.07, 6.45) is 11.0. The lowest BCUT2D eigenvalue weighted by atomic mass is 9.83. The number of amides is 2. The van der Waals surface area contributed by atoms with Gasteiger partial charge in [-0.1, -0.05) is 32.1 Å². The van der Waals surface area contributed by atoms with Crippen LogP contribution in [0.3, 0.4) is 0 Å². The average Bonchev–Trinajstić information content (AvgIpc) is 2.70. The minimum Gasteiger partial charge on any atom is -0.481 e. The van der Waals surface area contributed by atoms with Gasteiger partial charge in [-0.25, -0.2) is 0 Å². The molecule has 0 aromatic heterocycles. The number of carboxylic acids is 1. The Balaban J connectivity index is 1.53. The van der Waals surface area contributed by atoms with E-state index in [-0.39, 0.29) is 36.1 Å². The first-order chi connectivity index (χ1) is 14.0. The van der Waals surface area contributed by atoms with Gasteiger partial charge in [0.1, 0.15) is 0 Å². The molecule has 0 aromatic rings. The fourth-order valence-electron chi connectivity index (χ4n) is 4.51. The van der Waals surface area contributed by atoms with Crippen LogP contribution in [0.15, 0.2) is 0 Å². The van der Waals surface area contributed by atoms with Crippen molar-refractivity contribution in [1.29, 1.82) is 0 Å². The Morgan fingerprint density at radius 2 is 1.45 bits per heavy atom. The molecule has 7 nitrogen and oxygen atoms in total. The Bertz CT molecular complexity index is 531. The zero-order valence-corrected chi connectivity index (χ0v) is 17.5. The predicted molar refractivity (Wildman–Crippen MR) is 110 cm³/mol. The number of aliphatic hydroxyl groups excluding tert-OH is 1. The summed E-state index contributed by atoms with van der Waals surface area (Å²) in [7, 11) is 0. The first kappa shape index (κ1) is 23.6. The summed E-state index contributed by atoms with van der Waals surface area (Å²) in [5, 5.41) is 24.7. The third kappa shape index (κ3) is 8.72. The molecule has 0 heterocycles. The van der Waals surface area contributed by atoms with Gasteiger partial charge in [0.05, 0.1) is 12.0 Å². The standard InChI is InChI=1S/C22H38N2O5/c25-19-9-6-5-8-18(19)22(29)24-17-13-11-16(12-14-17)21(28)23-15-7-3-1-2-4-10-20(26)27/h16-19,25H,1-15H2,(H,23,28)(H,24,29)(H,26,27). The lowest BCUT2D eigenvalue weighted by Gasteiger charge is -2.32. The zero-order valence-electron chi connectivity index (χ0n) is 17.5. The molecule has 2 amide bonds. The molecule has 0 bridgehead atoms. The number of carboxylic acid groups (broad SMARTS) is 1. The summed E-state index contributed by atoms with van der Waals surface area (Å²) in [5.74, 6) is -0.886. The molecular formula is C22H38N2O5. The van der Waals surface area contributed by atoms with Gasteiger partial charge in [0, 0.05) is 24.9 Å². The van der Waals surface area contributed by atoms with Crippen LogP contribution in [0.1, 0.15) is 89.9 Å². The van der Waals surface area contributed by atoms with Crippen molar-refractivity contribution in [3.8, 4) is 0 Å². The molecule has 2 saturated carbocycles. The van der Waals surface area contributed by atoms with Crippen LogP contribution in [-0.4, -0.2) is 46.7 Å². The van der Waals surface area contributed by atoms with E-state index in [1.807, 2.05) is 0 Å². The number of carbonyl (C=O) groups is 3. The summed E-state index contributed by atoms with van der Waals surface area (Å²) in [5.41, 5.74) is 0. The van der Waals surface area contributed by atoms with Gasteiger partial charge in [-0.2, -0.15) is 0 Å². The van der Waals surface area contributed by atoms with E-state index in [1.165, 1.54) is 0 Å². The van der Waals surface area contributed by atoms with Crippen LogP contribution in [0.2, 0.25) is 0 Å². The van der Waals surface area contributed by atoms with Crippen LogP contribution in [-0.2, 0) is 14.4 Å². The van der Waals surface area contributed by atoms with Crippen LogP contribution in [0, 0.1) is 11.8 Å². The van der Waals surface area contributed by atoms with E-state index < -0.39 is 12.1 Å². The number of aliphatic hydroxyl groups is 1. The molecule has 4 N–H and O–H groups in total. The number of rotatable bonds is 11. The number of hydrogen-bond acceptors (Lipinski definition) is 4. The second-order valence-electron chi connectivity index (χ2n) is 8.72. The Morgan fingerprint density at radius 1 is 0.793 bits per heavy atom. The lowest BCUT2D eigenvalue weighted by Crippen LogP contribution is -2.46. The van der Waals surface area contributed by atoms with Crippen molar-refractivity contribution in [2.75, 3.05) is 6.54 Å². The van der Waals surface area contributed by atoms with E-state index in [4.69, 9.17) is 5.11 Å². The summed E-state index contributed by atoms with van der Waals surface area (Å²) in [6, 6.07) is 0.117. The molecule has 0 aliphatic heterocycles. The molecule has 2 atom stereocenters. The lowest BCUT2D eigenvalue weighted by molar-refractivity contribution is -0.137. The van der Waals surface area contributed by atoms with Gasteiger partial charge >= 0.3 is 5.97 Å². The van der Waals surface area contributed by atoms with Crippen LogP contribution < -0.4 is 10.6 Å². The van der Waals surface area contributed by atoms with Gasteiger partial charge in [0.25, 0.3) is 0 Å². The number of carbonyl (C=O) groups excluding carboxylic acids is 2. The van der Waals surface area contributed by atoms with Gasteiger partial charge in [-0.05, 0) is 51.4 Å². The largest absolute Gasteiger partial charge is 0.481 e. The fourth-order valence-corrected chi connectivity index (χ4v) is 4.51. The van der Waals surface area contributed by atoms with Crippen molar-refractivity contribution in [2.45, 2.75) is 102 Å². The Labute approximate surface area is 174 Å². The van der Waals surface area contributed by atoms with Crippen molar-refractivity contribution in [1.82, 2.24) is 10.6 Å². The van der Waals surface area contributed by atoms with Gasteiger partial charge < -0.3 is 20.8 Å². The van der Waals surface area contributed by atoms with Gasteiger partial charge in [0.2, 0.25) is 11.8 Å². The molecule has 0 spiro atoms. The maximum absolute atomic E-state index is 12.4. The fraction of sp³-hybridized carbons (Fsp3) is 0.864. The second-order valence-corrected chi connectivity index (χ2v) is 8.72. The second kappa shape index (κ2) is 12.8. The highest BCUT2D eigenvalue weighted by Crippen LogP contribution is 2.27. The van der Waals surface area contributed by atoms with Gasteiger partial charge in [-0.3, -0.25) is 14.4 Å². The highest BCUT2D eigenvalue weighted by molar-refractivity contribution is 5.80. The minimum absolute atomic E-state index is 0.0199. The molecule has 2 aliphatic rings. The molecule has 2 aliphatic carbocycles. The van der Waals surface area contributed by atoms with Crippen molar-refractivity contribution < 1.29 is 24.6 Å². The van der Waals surface area contributed by atoms with Gasteiger partial charge in [0.15, 0.2) is 0 Å². The van der Waals surface area contributed by atoms with Crippen molar-refractivity contribution in [3.63, 3.8) is 0 Å². The van der Waals surface area contributed by atoms with Crippen molar-refractivity contribution >= 4 is 17.8 Å². The van der Waals surface area contributed by atoms with Crippen molar-refractivity contribution in [3.05, 3.63) is 0 Å². The quantitative estimate of drug-likeness (QED) is 0.391. The van der Waals surface area contributed by atoms with E-state index >= 15 is 0 Å². The first-order valence-electron chi connectivity index (χ1n) is 11.5. The number of unbranched alkanes of at least 4 members (excludes halogenated alkanes) is 4. The van der Waals surface area contributed by atoms with E-state index in [0.717, 1.165) is 77.0 Å². The summed E-state index contributed by atoms with van der Waals surface area (Å²) in [6.45, 7) is 0.675. The number of aliphatic carboxylic acids is 1. The predicted octanol–water partition coefficient (Wildman–Crippen LogP) is 2.75. The molecule has 0 saturated heterocycles. The summed E-state index contributed by atoms with van der Waals surface area (Å²) in [4.78, 5) is 35.2. The third-order valence-corrected chi connectivity index (χ3v) is 6.38. The number of nitrogens with one attached hydrogen (secondary N) is 2. The molecule has 29 heavy (non-hydrogen) atoms. The third-order valence-electron chi connectivity index (χ3n) is 6.38. The Hall–Kier alpha value is -1.63. The van der Waals surface area contributed by atoms with Crippen LogP contribution in [0.5, 0.6) is 0 Å². The summed E-state index contributed by atoms with van der Waals surface area (Å²) >= 11 is 0. The zero-order chi connectivity index (χ0) is 21.1. The monoisotopic (exact) mass is 410 g/mol. The average molecular weight is 411 g/mol. The topological polar surface area (TPSA) is 116 Å². The Morgan fingerprint density at radius 3 is 2.14 bits per heavy atom. The van der Waals surface area contributed by atoms with Crippen molar-refractivity contribution in [2.24, 2.45) is 11.8 Å². The molecular weight excluding hydrogens is 372 g/mol. The van der Waals surface area contributed by atoms with Crippen LogP contribution in [0.4, 0.5) is 0 Å². The van der Waals surface area contributed by atoms with E-state index in [1.54, 1.807) is 0 Å². The SMILES string of the molecule is O=C(O)CCCCCCCNC(=O)C1CCC(NC(=O)C2CCCCC2O)CC1. The molecule has 2 unspecified atom stereocenters. The van der Waals surface area contributed by atoms with Gasteiger partial charge in [-0.15, -0.1) is 0 Å². The molecule has 0 radical (unpaired) electrons. The van der Waals surface area contributed by atoms with Crippen LogP contribution >= 0.6 is 0 Å². The minimum atomic E-state index is -0.738. The molecule has 2 rings (SSSR count). The highest BCUT2D eigenvalue weighted by atomic mass is 16.4. The van der Waals surface area contributed by atoms with E-state index in [9.17, 15) is 19.5 Å². The smallest absolute Gasteiger partial charge is 0.303 e. The highest BCUT2D eigenvalue weighted by Gasteiger charge is 2.32. The number of hydrogen-bond donors (Lipinski definition) is 4. The van der Waals surface area contributed by atoms with E-state index in [0.29, 0.717) is 13.0 Å². The normalized spacial score (nSPS) is 27.2. The maximum atomic E-state index is 12.4. The molecule has 0 aromatic carbocycles.